The van der Waals surface area contributed by atoms with E-state index in [4.69, 9.17) is 5.73 Å². The van der Waals surface area contributed by atoms with Crippen LogP contribution in [0.25, 0.3) is 0 Å². The molecule has 78 valence electrons. The molecule has 14 heavy (non-hydrogen) atoms. The summed E-state index contributed by atoms with van der Waals surface area (Å²) in [6, 6.07) is -0.554. The van der Waals surface area contributed by atoms with Gasteiger partial charge < -0.3 is 11.1 Å². The van der Waals surface area contributed by atoms with E-state index in [2.05, 4.69) is 25.9 Å². The van der Waals surface area contributed by atoms with Gasteiger partial charge in [-0.05, 0) is 20.8 Å². The van der Waals surface area contributed by atoms with Gasteiger partial charge in [0.25, 0.3) is 0 Å². The summed E-state index contributed by atoms with van der Waals surface area (Å²) >= 11 is 0. The Morgan fingerprint density at radius 2 is 2.29 bits per heavy atom. The third-order valence-corrected chi connectivity index (χ3v) is 1.75. The first kappa shape index (κ1) is 10.6. The van der Waals surface area contributed by atoms with Crippen LogP contribution in [-0.4, -0.2) is 32.6 Å². The van der Waals surface area contributed by atoms with Gasteiger partial charge in [-0.3, -0.25) is 4.79 Å². The number of carbonyl (C=O) groups excluding carboxylic acids is 1. The van der Waals surface area contributed by atoms with Crippen LogP contribution < -0.4 is 11.1 Å². The molecule has 1 rings (SSSR count). The molecule has 0 aliphatic heterocycles. The number of hydrogen-bond acceptors (Lipinski definition) is 5. The zero-order valence-corrected chi connectivity index (χ0v) is 8.40. The minimum absolute atomic E-state index is 0.250. The van der Waals surface area contributed by atoms with Crippen LogP contribution in [0.5, 0.6) is 0 Å². The van der Waals surface area contributed by atoms with Crippen molar-refractivity contribution in [3.8, 4) is 0 Å². The van der Waals surface area contributed by atoms with Crippen LogP contribution in [0.3, 0.4) is 0 Å². The SMILES string of the molecule is CC(N)C(=O)NC(C)(C)c1nn[nH]n1. The van der Waals surface area contributed by atoms with Crippen molar-refractivity contribution in [2.75, 3.05) is 0 Å². The number of amides is 1. The number of hydrogen-bond donors (Lipinski definition) is 3. The van der Waals surface area contributed by atoms with Crippen molar-refractivity contribution in [1.29, 1.82) is 0 Å². The molecule has 0 spiro atoms. The van der Waals surface area contributed by atoms with Gasteiger partial charge in [0, 0.05) is 0 Å². The van der Waals surface area contributed by atoms with E-state index in [0.717, 1.165) is 0 Å². The van der Waals surface area contributed by atoms with Crippen molar-refractivity contribution in [3.63, 3.8) is 0 Å². The molecule has 1 aromatic rings. The molecule has 0 radical (unpaired) electrons. The first-order valence-electron chi connectivity index (χ1n) is 4.25. The summed E-state index contributed by atoms with van der Waals surface area (Å²) in [6.45, 7) is 5.16. The van der Waals surface area contributed by atoms with Crippen LogP contribution in [0.1, 0.15) is 26.6 Å². The van der Waals surface area contributed by atoms with Gasteiger partial charge in [0.1, 0.15) is 0 Å². The average molecular weight is 198 g/mol. The Morgan fingerprint density at radius 1 is 1.64 bits per heavy atom. The topological polar surface area (TPSA) is 110 Å². The predicted octanol–water partition coefficient (Wildman–Crippen LogP) is -1.10. The molecule has 0 aromatic carbocycles. The third-order valence-electron chi connectivity index (χ3n) is 1.75. The van der Waals surface area contributed by atoms with E-state index in [1.165, 1.54) is 0 Å². The molecule has 7 nitrogen and oxygen atoms in total. The molecule has 1 unspecified atom stereocenters. The summed E-state index contributed by atoms with van der Waals surface area (Å²) in [6.07, 6.45) is 0. The molecule has 0 fully saturated rings. The molecule has 1 heterocycles. The average Bonchev–Trinajstić information content (AvgIpc) is 2.54. The van der Waals surface area contributed by atoms with Crippen molar-refractivity contribution in [3.05, 3.63) is 5.82 Å². The quantitative estimate of drug-likeness (QED) is 0.571. The van der Waals surface area contributed by atoms with E-state index in [-0.39, 0.29) is 5.91 Å². The van der Waals surface area contributed by atoms with Crippen LogP contribution >= 0.6 is 0 Å². The molecule has 7 heteroatoms. The molecule has 1 aromatic heterocycles. The van der Waals surface area contributed by atoms with Crippen molar-refractivity contribution in [2.45, 2.75) is 32.4 Å². The Balaban J connectivity index is 2.72. The highest BCUT2D eigenvalue weighted by Gasteiger charge is 2.28. The molecule has 1 atom stereocenters. The van der Waals surface area contributed by atoms with Gasteiger partial charge in [-0.25, -0.2) is 0 Å². The Kier molecular flexibility index (Phi) is 2.80. The van der Waals surface area contributed by atoms with Gasteiger partial charge in [0.05, 0.1) is 11.6 Å². The van der Waals surface area contributed by atoms with E-state index in [9.17, 15) is 4.79 Å². The number of nitrogens with zero attached hydrogens (tertiary/aromatic N) is 3. The molecule has 0 saturated heterocycles. The lowest BCUT2D eigenvalue weighted by atomic mass is 10.0. The number of rotatable bonds is 3. The normalized spacial score (nSPS) is 13.7. The Morgan fingerprint density at radius 3 is 2.71 bits per heavy atom. The maximum atomic E-state index is 11.3. The monoisotopic (exact) mass is 198 g/mol. The van der Waals surface area contributed by atoms with Gasteiger partial charge in [0.15, 0.2) is 5.82 Å². The Bertz CT molecular complexity index is 304. The second-order valence-electron chi connectivity index (χ2n) is 3.64. The van der Waals surface area contributed by atoms with Crippen LogP contribution in [0.2, 0.25) is 0 Å². The lowest BCUT2D eigenvalue weighted by molar-refractivity contribution is -0.123. The second-order valence-corrected chi connectivity index (χ2v) is 3.64. The van der Waals surface area contributed by atoms with E-state index < -0.39 is 11.6 Å². The zero-order valence-electron chi connectivity index (χ0n) is 8.40. The van der Waals surface area contributed by atoms with Gasteiger partial charge in [-0.1, -0.05) is 5.21 Å². The van der Waals surface area contributed by atoms with E-state index in [1.807, 2.05) is 0 Å². The van der Waals surface area contributed by atoms with Gasteiger partial charge in [-0.2, -0.15) is 5.21 Å². The molecule has 0 aliphatic rings. The summed E-state index contributed by atoms with van der Waals surface area (Å²) in [5.74, 6) is 0.173. The highest BCUT2D eigenvalue weighted by Crippen LogP contribution is 2.13. The number of aromatic amines is 1. The largest absolute Gasteiger partial charge is 0.342 e. The van der Waals surface area contributed by atoms with E-state index in [1.54, 1.807) is 20.8 Å². The molecule has 4 N–H and O–H groups in total. The highest BCUT2D eigenvalue weighted by atomic mass is 16.2. The lowest BCUT2D eigenvalue weighted by Gasteiger charge is -2.23. The minimum Gasteiger partial charge on any atom is -0.342 e. The summed E-state index contributed by atoms with van der Waals surface area (Å²) < 4.78 is 0. The standard InChI is InChI=1S/C7H14N6O/c1-4(8)5(14)9-7(2,3)6-10-12-13-11-6/h4H,8H2,1-3H3,(H,9,14)(H,10,11,12,13). The van der Waals surface area contributed by atoms with Crippen LogP contribution in [0.4, 0.5) is 0 Å². The van der Waals surface area contributed by atoms with Crippen molar-refractivity contribution < 1.29 is 4.79 Å². The molecular weight excluding hydrogens is 184 g/mol. The number of H-pyrrole nitrogens is 1. The fourth-order valence-electron chi connectivity index (χ4n) is 0.904. The summed E-state index contributed by atoms with van der Waals surface area (Å²) in [4.78, 5) is 11.3. The predicted molar refractivity (Wildman–Crippen MR) is 49.0 cm³/mol. The molecule has 1 amide bonds. The van der Waals surface area contributed by atoms with Crippen LogP contribution in [-0.2, 0) is 10.3 Å². The van der Waals surface area contributed by atoms with E-state index in [0.29, 0.717) is 5.82 Å². The Labute approximate surface area is 81.4 Å². The first-order valence-corrected chi connectivity index (χ1v) is 4.25. The number of nitrogens with one attached hydrogen (secondary N) is 2. The van der Waals surface area contributed by atoms with Crippen molar-refractivity contribution in [2.24, 2.45) is 5.73 Å². The minimum atomic E-state index is -0.669. The smallest absolute Gasteiger partial charge is 0.237 e. The third kappa shape index (κ3) is 2.25. The lowest BCUT2D eigenvalue weighted by Crippen LogP contribution is -2.48. The van der Waals surface area contributed by atoms with Crippen LogP contribution in [0.15, 0.2) is 0 Å². The van der Waals surface area contributed by atoms with Gasteiger partial charge in [-0.15, -0.1) is 10.2 Å². The fraction of sp³-hybridized carbons (Fsp3) is 0.714. The number of carbonyl (C=O) groups is 1. The summed E-state index contributed by atoms with van der Waals surface area (Å²) in [5.41, 5.74) is 4.75. The molecule has 0 aliphatic carbocycles. The van der Waals surface area contributed by atoms with E-state index >= 15 is 0 Å². The van der Waals surface area contributed by atoms with Gasteiger partial charge >= 0.3 is 0 Å². The second kappa shape index (κ2) is 3.70. The fourth-order valence-corrected chi connectivity index (χ4v) is 0.904. The number of aromatic nitrogens is 4. The highest BCUT2D eigenvalue weighted by molar-refractivity contribution is 5.81. The zero-order chi connectivity index (χ0) is 10.8. The molecule has 0 bridgehead atoms. The first-order chi connectivity index (χ1) is 6.43. The van der Waals surface area contributed by atoms with Crippen LogP contribution in [0, 0.1) is 0 Å². The number of tetrazole rings is 1. The van der Waals surface area contributed by atoms with Crippen molar-refractivity contribution in [1.82, 2.24) is 25.9 Å². The van der Waals surface area contributed by atoms with Crippen molar-refractivity contribution >= 4 is 5.91 Å². The maximum absolute atomic E-state index is 11.3. The summed E-state index contributed by atoms with van der Waals surface area (Å²) in [7, 11) is 0. The number of nitrogens with two attached hydrogens (primary N) is 1. The Hall–Kier alpha value is -1.50. The molecule has 0 saturated carbocycles. The summed E-state index contributed by atoms with van der Waals surface area (Å²) in [5, 5.41) is 16.1. The molecular formula is C7H14N6O. The maximum Gasteiger partial charge on any atom is 0.237 e. The van der Waals surface area contributed by atoms with Gasteiger partial charge in [0.2, 0.25) is 5.91 Å².